The third kappa shape index (κ3) is 3.65. The van der Waals surface area contributed by atoms with Gasteiger partial charge in [-0.05, 0) is 30.9 Å². The van der Waals surface area contributed by atoms with Gasteiger partial charge in [0.15, 0.2) is 5.78 Å². The van der Waals surface area contributed by atoms with Crippen LogP contribution in [0.25, 0.3) is 0 Å². The summed E-state index contributed by atoms with van der Waals surface area (Å²) in [6.45, 7) is 2.41. The lowest BCUT2D eigenvalue weighted by atomic mass is 9.72. The second-order valence-electron chi connectivity index (χ2n) is 8.27. The summed E-state index contributed by atoms with van der Waals surface area (Å²) in [5.74, 6) is 0.587. The Balaban J connectivity index is 1.92. The summed E-state index contributed by atoms with van der Waals surface area (Å²) in [7, 11) is 3.75. The van der Waals surface area contributed by atoms with Gasteiger partial charge in [-0.25, -0.2) is 5.01 Å². The van der Waals surface area contributed by atoms with E-state index in [0.717, 1.165) is 16.8 Å². The van der Waals surface area contributed by atoms with E-state index in [2.05, 4.69) is 18.2 Å². The van der Waals surface area contributed by atoms with E-state index in [-0.39, 0.29) is 11.7 Å². The number of carbonyl (C=O) groups is 1. The van der Waals surface area contributed by atoms with Gasteiger partial charge in [0.1, 0.15) is 11.6 Å². The van der Waals surface area contributed by atoms with Crippen LogP contribution < -0.4 is 10.5 Å². The van der Waals surface area contributed by atoms with Gasteiger partial charge in [-0.3, -0.25) is 9.80 Å². The van der Waals surface area contributed by atoms with Gasteiger partial charge in [0, 0.05) is 37.3 Å². The number of hydrogen-bond acceptors (Lipinski definition) is 6. The second-order valence-corrected chi connectivity index (χ2v) is 8.27. The van der Waals surface area contributed by atoms with Gasteiger partial charge in [0.2, 0.25) is 0 Å². The van der Waals surface area contributed by atoms with Crippen molar-refractivity contribution >= 4 is 5.78 Å². The van der Waals surface area contributed by atoms with Crippen molar-refractivity contribution in [3.8, 4) is 11.8 Å². The maximum atomic E-state index is 13.7. The van der Waals surface area contributed by atoms with Crippen LogP contribution in [0.2, 0.25) is 0 Å². The van der Waals surface area contributed by atoms with Crippen molar-refractivity contribution in [3.05, 3.63) is 88.4 Å². The van der Waals surface area contributed by atoms with Crippen molar-refractivity contribution in [2.75, 3.05) is 20.7 Å². The Labute approximate surface area is 189 Å². The molecule has 0 aromatic heterocycles. The molecule has 2 aliphatic rings. The normalized spacial score (nSPS) is 21.0. The maximum absolute atomic E-state index is 13.7. The molecule has 0 saturated heterocycles. The monoisotopic (exact) mass is 428 g/mol. The Kier molecular flexibility index (Phi) is 6.02. The zero-order valence-corrected chi connectivity index (χ0v) is 18.7. The number of nitrogens with zero attached hydrogens (tertiary/aromatic N) is 3. The number of rotatable bonds is 5. The van der Waals surface area contributed by atoms with Gasteiger partial charge in [-0.1, -0.05) is 48.5 Å². The fourth-order valence-electron chi connectivity index (χ4n) is 4.85. The van der Waals surface area contributed by atoms with Crippen LogP contribution in [0.3, 0.4) is 0 Å². The van der Waals surface area contributed by atoms with Crippen LogP contribution in [0.1, 0.15) is 42.7 Å². The first-order valence-corrected chi connectivity index (χ1v) is 10.9. The maximum Gasteiger partial charge on any atom is 0.162 e. The smallest absolute Gasteiger partial charge is 0.162 e. The Morgan fingerprint density at radius 1 is 1.12 bits per heavy atom. The molecular formula is C26H28N4O2. The molecular weight excluding hydrogens is 400 g/mol. The SMILES string of the molecule is CCOc1ccccc1[C@H]1C(C#N)=C(N)N(N(C)C)C2=C1C(=O)C[C@H](c1ccccc1)C2. The highest BCUT2D eigenvalue weighted by Gasteiger charge is 2.43. The van der Waals surface area contributed by atoms with E-state index < -0.39 is 5.92 Å². The van der Waals surface area contributed by atoms with E-state index in [4.69, 9.17) is 10.5 Å². The lowest BCUT2D eigenvalue weighted by Crippen LogP contribution is -2.46. The standard InChI is InChI=1S/C26H28N4O2/c1-4-32-23-13-9-8-12-19(23)24-20(16-27)26(28)30(29(2)3)21-14-18(15-22(31)25(21)24)17-10-6-5-7-11-17/h5-13,18,24H,4,14-15,28H2,1-3H3/t18-,24+/m1/s1. The zero-order valence-electron chi connectivity index (χ0n) is 18.7. The number of carbonyl (C=O) groups excluding carboxylic acids is 1. The summed E-state index contributed by atoms with van der Waals surface area (Å²) in [5.41, 5.74) is 10.4. The Hall–Kier alpha value is -3.56. The molecule has 0 unspecified atom stereocenters. The predicted octanol–water partition coefficient (Wildman–Crippen LogP) is 4.06. The summed E-state index contributed by atoms with van der Waals surface area (Å²) < 4.78 is 5.87. The summed E-state index contributed by atoms with van der Waals surface area (Å²) >= 11 is 0. The minimum atomic E-state index is -0.543. The Morgan fingerprint density at radius 3 is 2.47 bits per heavy atom. The number of hydrazine groups is 1. The van der Waals surface area contributed by atoms with Gasteiger partial charge in [0.05, 0.1) is 24.2 Å². The molecule has 4 rings (SSSR count). The van der Waals surface area contributed by atoms with Crippen LogP contribution in [-0.2, 0) is 4.79 Å². The van der Waals surface area contributed by atoms with Crippen molar-refractivity contribution in [2.45, 2.75) is 31.6 Å². The first-order valence-electron chi connectivity index (χ1n) is 10.9. The van der Waals surface area contributed by atoms with Gasteiger partial charge in [-0.2, -0.15) is 5.26 Å². The van der Waals surface area contributed by atoms with Crippen LogP contribution in [-0.4, -0.2) is 36.5 Å². The molecule has 164 valence electrons. The van der Waals surface area contributed by atoms with Crippen LogP contribution in [0.15, 0.2) is 77.3 Å². The molecule has 6 nitrogen and oxygen atoms in total. The number of ether oxygens (including phenoxy) is 1. The van der Waals surface area contributed by atoms with Gasteiger partial charge >= 0.3 is 0 Å². The van der Waals surface area contributed by atoms with Gasteiger partial charge in [0.25, 0.3) is 0 Å². The van der Waals surface area contributed by atoms with E-state index in [9.17, 15) is 10.1 Å². The topological polar surface area (TPSA) is 82.6 Å². The Morgan fingerprint density at radius 2 is 1.81 bits per heavy atom. The third-order valence-corrected chi connectivity index (χ3v) is 6.14. The highest BCUT2D eigenvalue weighted by molar-refractivity contribution is 6.00. The first-order chi connectivity index (χ1) is 15.5. The van der Waals surface area contributed by atoms with Crippen LogP contribution >= 0.6 is 0 Å². The van der Waals surface area contributed by atoms with Crippen molar-refractivity contribution in [1.82, 2.24) is 10.0 Å². The fraction of sp³-hybridized carbons (Fsp3) is 0.308. The van der Waals surface area contributed by atoms with Crippen molar-refractivity contribution < 1.29 is 9.53 Å². The number of para-hydroxylation sites is 1. The van der Waals surface area contributed by atoms with Gasteiger partial charge < -0.3 is 10.5 Å². The van der Waals surface area contributed by atoms with Crippen LogP contribution in [0, 0.1) is 11.3 Å². The lowest BCUT2D eigenvalue weighted by molar-refractivity contribution is -0.117. The van der Waals surface area contributed by atoms with Crippen molar-refractivity contribution in [3.63, 3.8) is 0 Å². The molecule has 0 radical (unpaired) electrons. The Bertz CT molecular complexity index is 1130. The molecule has 0 fully saturated rings. The van der Waals surface area contributed by atoms with Crippen LogP contribution in [0.5, 0.6) is 5.75 Å². The van der Waals surface area contributed by atoms with Gasteiger partial charge in [-0.15, -0.1) is 0 Å². The molecule has 0 amide bonds. The summed E-state index contributed by atoms with van der Waals surface area (Å²) in [6.07, 6.45) is 1.06. The molecule has 0 spiro atoms. The van der Waals surface area contributed by atoms with E-state index in [1.54, 1.807) is 0 Å². The number of allylic oxidation sites excluding steroid dienone is 3. The second kappa shape index (κ2) is 8.89. The van der Waals surface area contributed by atoms with E-state index >= 15 is 0 Å². The number of nitrogens with two attached hydrogens (primary N) is 1. The molecule has 2 N–H and O–H groups in total. The quantitative estimate of drug-likeness (QED) is 0.773. The number of nitriles is 1. The highest BCUT2D eigenvalue weighted by atomic mass is 16.5. The first kappa shape index (κ1) is 21.7. The molecule has 2 aromatic rings. The highest BCUT2D eigenvalue weighted by Crippen LogP contribution is 2.49. The number of benzene rings is 2. The average molecular weight is 429 g/mol. The zero-order chi connectivity index (χ0) is 22.8. The molecule has 0 saturated carbocycles. The van der Waals surface area contributed by atoms with Crippen molar-refractivity contribution in [2.24, 2.45) is 5.73 Å². The molecule has 0 bridgehead atoms. The number of ketones is 1. The molecule has 2 aromatic carbocycles. The number of Topliss-reactive ketones (excluding diaryl/α,β-unsaturated/α-hetero) is 1. The minimum Gasteiger partial charge on any atom is -0.494 e. The van der Waals surface area contributed by atoms with E-state index in [1.165, 1.54) is 0 Å². The molecule has 1 aliphatic carbocycles. The molecule has 1 heterocycles. The predicted molar refractivity (Wildman–Crippen MR) is 123 cm³/mol. The molecule has 32 heavy (non-hydrogen) atoms. The summed E-state index contributed by atoms with van der Waals surface area (Å²) in [4.78, 5) is 13.7. The molecule has 6 heteroatoms. The van der Waals surface area contributed by atoms with E-state index in [1.807, 2.05) is 73.5 Å². The molecule has 2 atom stereocenters. The third-order valence-electron chi connectivity index (χ3n) is 6.14. The summed E-state index contributed by atoms with van der Waals surface area (Å²) in [6, 6.07) is 20.0. The number of hydrogen-bond donors (Lipinski definition) is 1. The summed E-state index contributed by atoms with van der Waals surface area (Å²) in [5, 5.41) is 13.8. The van der Waals surface area contributed by atoms with E-state index in [0.29, 0.717) is 42.2 Å². The van der Waals surface area contributed by atoms with Crippen molar-refractivity contribution in [1.29, 1.82) is 5.26 Å². The largest absolute Gasteiger partial charge is 0.494 e. The molecule has 1 aliphatic heterocycles. The fourth-order valence-corrected chi connectivity index (χ4v) is 4.85. The lowest BCUT2D eigenvalue weighted by Gasteiger charge is -2.44. The average Bonchev–Trinajstić information content (AvgIpc) is 2.79. The van der Waals surface area contributed by atoms with Crippen LogP contribution in [0.4, 0.5) is 0 Å². The minimum absolute atomic E-state index is 0.0449.